The molecule has 0 saturated carbocycles. The number of benzene rings is 2. The van der Waals surface area contributed by atoms with E-state index in [1.807, 2.05) is 24.3 Å². The summed E-state index contributed by atoms with van der Waals surface area (Å²) in [6.45, 7) is 2.74. The van der Waals surface area contributed by atoms with Crippen LogP contribution in [-0.4, -0.2) is 58.4 Å². The first kappa shape index (κ1) is 19.6. The number of likely N-dealkylation sites (tertiary alicyclic amines) is 1. The molecule has 5 nitrogen and oxygen atoms in total. The largest absolute Gasteiger partial charge is 0.342 e. The molecule has 1 aliphatic heterocycles. The molecule has 1 amide bonds. The highest BCUT2D eigenvalue weighted by Crippen LogP contribution is 2.17. The molecule has 2 heterocycles. The van der Waals surface area contributed by atoms with E-state index in [-0.39, 0.29) is 5.91 Å². The first-order valence-electron chi connectivity index (χ1n) is 10.6. The molecule has 3 aromatic rings. The Bertz CT molecular complexity index is 903. The molecule has 4 rings (SSSR count). The second kappa shape index (κ2) is 9.23. The van der Waals surface area contributed by atoms with Crippen LogP contribution in [-0.2, 0) is 17.6 Å². The minimum atomic E-state index is 0.242. The molecule has 1 aromatic heterocycles. The van der Waals surface area contributed by atoms with E-state index in [1.54, 1.807) is 0 Å². The summed E-state index contributed by atoms with van der Waals surface area (Å²) in [4.78, 5) is 25.2. The number of H-pyrrole nitrogens is 1. The number of aromatic amines is 1. The Balaban J connectivity index is 1.27. The number of likely N-dealkylation sites (N-methyl/N-ethyl adjacent to an activating group) is 1. The third-order valence-corrected chi connectivity index (χ3v) is 5.98. The van der Waals surface area contributed by atoms with Crippen molar-refractivity contribution in [2.24, 2.45) is 0 Å². The number of aryl methyl sites for hydroxylation is 1. The third kappa shape index (κ3) is 5.04. The molecule has 1 saturated heterocycles. The number of carbonyl (C=O) groups excluding carboxylic acids is 1. The van der Waals surface area contributed by atoms with Gasteiger partial charge in [-0.15, -0.1) is 0 Å². The number of nitrogens with zero attached hydrogens (tertiary/aromatic N) is 3. The number of nitrogens with one attached hydrogen (secondary N) is 1. The van der Waals surface area contributed by atoms with Gasteiger partial charge in [0.1, 0.15) is 5.82 Å². The lowest BCUT2D eigenvalue weighted by molar-refractivity contribution is -0.133. The quantitative estimate of drug-likeness (QED) is 0.670. The molecule has 1 fully saturated rings. The predicted octanol–water partition coefficient (Wildman–Crippen LogP) is 3.66. The highest BCUT2D eigenvalue weighted by molar-refractivity contribution is 5.77. The van der Waals surface area contributed by atoms with Crippen LogP contribution in [0.15, 0.2) is 54.6 Å². The molecular formula is C24H30N4O. The average Bonchev–Trinajstić information content (AvgIpc) is 3.19. The van der Waals surface area contributed by atoms with Crippen LogP contribution in [0.5, 0.6) is 0 Å². The van der Waals surface area contributed by atoms with Crippen molar-refractivity contribution in [3.63, 3.8) is 0 Å². The number of amides is 1. The van der Waals surface area contributed by atoms with Crippen LogP contribution < -0.4 is 0 Å². The molecule has 0 spiro atoms. The summed E-state index contributed by atoms with van der Waals surface area (Å²) in [7, 11) is 2.19. The van der Waals surface area contributed by atoms with Crippen molar-refractivity contribution in [2.45, 2.75) is 38.1 Å². The number of hydrogen-bond acceptors (Lipinski definition) is 3. The molecule has 1 aliphatic rings. The highest BCUT2D eigenvalue weighted by atomic mass is 16.2. The number of piperidine rings is 1. The van der Waals surface area contributed by atoms with Crippen molar-refractivity contribution in [3.8, 4) is 0 Å². The van der Waals surface area contributed by atoms with Gasteiger partial charge in [0.05, 0.1) is 11.0 Å². The monoisotopic (exact) mass is 390 g/mol. The van der Waals surface area contributed by atoms with Gasteiger partial charge in [-0.25, -0.2) is 4.98 Å². The lowest BCUT2D eigenvalue weighted by Gasteiger charge is -2.37. The minimum absolute atomic E-state index is 0.242. The van der Waals surface area contributed by atoms with E-state index in [4.69, 9.17) is 0 Å². The van der Waals surface area contributed by atoms with Gasteiger partial charge in [-0.3, -0.25) is 4.79 Å². The summed E-state index contributed by atoms with van der Waals surface area (Å²) in [5.41, 5.74) is 3.37. The average molecular weight is 391 g/mol. The summed E-state index contributed by atoms with van der Waals surface area (Å²) >= 11 is 0. The van der Waals surface area contributed by atoms with E-state index < -0.39 is 0 Å². The molecule has 5 heteroatoms. The SMILES string of the molecule is CN(CCc1ccccc1)[C@H]1CCCN(C(=O)CCc2nc3ccccc3[nH]2)C1. The molecule has 0 bridgehead atoms. The zero-order valence-electron chi connectivity index (χ0n) is 17.2. The molecule has 1 N–H and O–H groups in total. The smallest absolute Gasteiger partial charge is 0.223 e. The van der Waals surface area contributed by atoms with Crippen molar-refractivity contribution in [1.29, 1.82) is 0 Å². The number of fused-ring (bicyclic) bond motifs is 1. The Morgan fingerprint density at radius 2 is 1.93 bits per heavy atom. The number of hydrogen-bond donors (Lipinski definition) is 1. The maximum Gasteiger partial charge on any atom is 0.223 e. The van der Waals surface area contributed by atoms with Crippen LogP contribution in [0.4, 0.5) is 0 Å². The normalized spacial score (nSPS) is 17.2. The molecule has 152 valence electrons. The Morgan fingerprint density at radius 3 is 2.76 bits per heavy atom. The Kier molecular flexibility index (Phi) is 6.25. The maximum atomic E-state index is 12.8. The minimum Gasteiger partial charge on any atom is -0.342 e. The number of carbonyl (C=O) groups is 1. The predicted molar refractivity (Wildman–Crippen MR) is 117 cm³/mol. The first-order valence-corrected chi connectivity index (χ1v) is 10.6. The number of aromatic nitrogens is 2. The van der Waals surface area contributed by atoms with E-state index in [9.17, 15) is 4.79 Å². The van der Waals surface area contributed by atoms with Gasteiger partial charge in [0.2, 0.25) is 5.91 Å². The fraction of sp³-hybridized carbons (Fsp3) is 0.417. The van der Waals surface area contributed by atoms with Gasteiger partial charge in [-0.2, -0.15) is 0 Å². The number of para-hydroxylation sites is 2. The Labute approximate surface area is 172 Å². The molecule has 2 aromatic carbocycles. The van der Waals surface area contributed by atoms with Gasteiger partial charge >= 0.3 is 0 Å². The summed E-state index contributed by atoms with van der Waals surface area (Å²) < 4.78 is 0. The summed E-state index contributed by atoms with van der Waals surface area (Å²) in [6, 6.07) is 19.1. The van der Waals surface area contributed by atoms with Gasteiger partial charge in [0.15, 0.2) is 0 Å². The Morgan fingerprint density at radius 1 is 1.14 bits per heavy atom. The van der Waals surface area contributed by atoms with Crippen LogP contribution in [0.3, 0.4) is 0 Å². The molecule has 0 radical (unpaired) electrons. The second-order valence-electron chi connectivity index (χ2n) is 8.05. The summed E-state index contributed by atoms with van der Waals surface area (Å²) in [6.07, 6.45) is 4.47. The van der Waals surface area contributed by atoms with Crippen molar-refractivity contribution in [1.82, 2.24) is 19.8 Å². The van der Waals surface area contributed by atoms with Crippen molar-refractivity contribution in [3.05, 3.63) is 66.0 Å². The maximum absolute atomic E-state index is 12.8. The molecule has 1 atom stereocenters. The van der Waals surface area contributed by atoms with Gasteiger partial charge < -0.3 is 14.8 Å². The molecular weight excluding hydrogens is 360 g/mol. The lowest BCUT2D eigenvalue weighted by Crippen LogP contribution is -2.49. The van der Waals surface area contributed by atoms with Crippen molar-refractivity contribution >= 4 is 16.9 Å². The second-order valence-corrected chi connectivity index (χ2v) is 8.05. The zero-order valence-corrected chi connectivity index (χ0v) is 17.2. The topological polar surface area (TPSA) is 52.2 Å². The zero-order chi connectivity index (χ0) is 20.1. The van der Waals surface area contributed by atoms with Gasteiger partial charge in [-0.05, 0) is 44.0 Å². The van der Waals surface area contributed by atoms with E-state index >= 15 is 0 Å². The fourth-order valence-electron chi connectivity index (χ4n) is 4.18. The van der Waals surface area contributed by atoms with E-state index in [2.05, 4.69) is 57.1 Å². The first-order chi connectivity index (χ1) is 14.2. The van der Waals surface area contributed by atoms with Gasteiger partial charge in [0.25, 0.3) is 0 Å². The van der Waals surface area contributed by atoms with Gasteiger partial charge in [-0.1, -0.05) is 42.5 Å². The third-order valence-electron chi connectivity index (χ3n) is 5.98. The number of imidazole rings is 1. The highest BCUT2D eigenvalue weighted by Gasteiger charge is 2.26. The summed E-state index contributed by atoms with van der Waals surface area (Å²) in [5, 5.41) is 0. The Hall–Kier alpha value is -2.66. The van der Waals surface area contributed by atoms with Crippen LogP contribution in [0.2, 0.25) is 0 Å². The standard InChI is InChI=1S/C24H30N4O/c1-27(17-15-19-8-3-2-4-9-19)20-10-7-16-28(18-20)24(29)14-13-23-25-21-11-5-6-12-22(21)26-23/h2-6,8-9,11-12,20H,7,10,13-18H2,1H3,(H,25,26)/t20-/m0/s1. The van der Waals surface area contributed by atoms with Crippen LogP contribution in [0.1, 0.15) is 30.7 Å². The van der Waals surface area contributed by atoms with Gasteiger partial charge in [0, 0.05) is 38.5 Å². The van der Waals surface area contributed by atoms with Crippen molar-refractivity contribution in [2.75, 3.05) is 26.7 Å². The number of rotatable bonds is 7. The van der Waals surface area contributed by atoms with Crippen molar-refractivity contribution < 1.29 is 4.79 Å². The van der Waals surface area contributed by atoms with Crippen LogP contribution in [0.25, 0.3) is 11.0 Å². The van der Waals surface area contributed by atoms with Crippen LogP contribution >= 0.6 is 0 Å². The van der Waals surface area contributed by atoms with E-state index in [1.165, 1.54) is 12.0 Å². The van der Waals surface area contributed by atoms with E-state index in [0.29, 0.717) is 18.9 Å². The van der Waals surface area contributed by atoms with E-state index in [0.717, 1.165) is 49.3 Å². The molecule has 0 unspecified atom stereocenters. The van der Waals surface area contributed by atoms with Crippen LogP contribution in [0, 0.1) is 0 Å². The summed E-state index contributed by atoms with van der Waals surface area (Å²) in [5.74, 6) is 1.14. The molecule has 0 aliphatic carbocycles. The fourth-order valence-corrected chi connectivity index (χ4v) is 4.18. The molecule has 29 heavy (non-hydrogen) atoms. The lowest BCUT2D eigenvalue weighted by atomic mass is 10.0.